The third-order valence-corrected chi connectivity index (χ3v) is 2.65. The first-order valence-electron chi connectivity index (χ1n) is 5.95. The highest BCUT2D eigenvalue weighted by Crippen LogP contribution is 2.15. The van der Waals surface area contributed by atoms with Gasteiger partial charge in [0.05, 0.1) is 5.69 Å². The van der Waals surface area contributed by atoms with Crippen molar-refractivity contribution in [2.45, 2.75) is 6.92 Å². The zero-order valence-electron chi connectivity index (χ0n) is 10.6. The molecule has 3 heteroatoms. The fraction of sp³-hybridized carbons (Fsp3) is 0.0625. The molecule has 0 aliphatic heterocycles. The Hall–Kier alpha value is -2.42. The van der Waals surface area contributed by atoms with E-state index in [1.807, 2.05) is 13.0 Å². The minimum atomic E-state index is -0.345. The van der Waals surface area contributed by atoms with Crippen LogP contribution in [0.5, 0.6) is 0 Å². The molecule has 19 heavy (non-hydrogen) atoms. The molecule has 0 heterocycles. The molecule has 2 nitrogen and oxygen atoms in total. The highest BCUT2D eigenvalue weighted by atomic mass is 19.1. The standard InChI is InChI=1S/C16H14FNO/c1-12-7-8-14(17)15(11-12)18-10-9-16(19)13-5-3-2-4-6-13/h2-11,18H,1H3/b10-9-. The van der Waals surface area contributed by atoms with Crippen LogP contribution in [0, 0.1) is 12.7 Å². The van der Waals surface area contributed by atoms with E-state index in [0.29, 0.717) is 11.3 Å². The average molecular weight is 255 g/mol. The fourth-order valence-corrected chi connectivity index (χ4v) is 1.66. The molecule has 0 spiro atoms. The largest absolute Gasteiger partial charge is 0.359 e. The van der Waals surface area contributed by atoms with E-state index in [0.717, 1.165) is 5.56 Å². The van der Waals surface area contributed by atoms with Gasteiger partial charge in [0, 0.05) is 17.8 Å². The van der Waals surface area contributed by atoms with Crippen molar-refractivity contribution in [3.05, 3.63) is 77.8 Å². The predicted molar refractivity (Wildman–Crippen MR) is 74.7 cm³/mol. The molecule has 2 aromatic carbocycles. The maximum atomic E-state index is 13.4. The summed E-state index contributed by atoms with van der Waals surface area (Å²) in [7, 11) is 0. The van der Waals surface area contributed by atoms with Crippen LogP contribution in [-0.2, 0) is 0 Å². The Bertz CT molecular complexity index is 605. The lowest BCUT2D eigenvalue weighted by molar-refractivity contribution is 0.104. The molecule has 96 valence electrons. The van der Waals surface area contributed by atoms with Gasteiger partial charge in [-0.25, -0.2) is 4.39 Å². The molecule has 0 aliphatic carbocycles. The van der Waals surface area contributed by atoms with Crippen molar-refractivity contribution in [1.29, 1.82) is 0 Å². The summed E-state index contributed by atoms with van der Waals surface area (Å²) < 4.78 is 13.4. The molecule has 0 amide bonds. The number of hydrogen-bond acceptors (Lipinski definition) is 2. The number of benzene rings is 2. The first-order chi connectivity index (χ1) is 9.16. The average Bonchev–Trinajstić information content (AvgIpc) is 2.43. The summed E-state index contributed by atoms with van der Waals surface area (Å²) in [5, 5.41) is 2.78. The van der Waals surface area contributed by atoms with Crippen LogP contribution >= 0.6 is 0 Å². The quantitative estimate of drug-likeness (QED) is 0.662. The number of nitrogens with one attached hydrogen (secondary N) is 1. The Balaban J connectivity index is 2.04. The van der Waals surface area contributed by atoms with Crippen LogP contribution in [0.2, 0.25) is 0 Å². The number of halogens is 1. The molecule has 1 N–H and O–H groups in total. The van der Waals surface area contributed by atoms with Gasteiger partial charge in [0.15, 0.2) is 5.78 Å². The first kappa shape index (κ1) is 13.0. The van der Waals surface area contributed by atoms with Crippen LogP contribution in [0.15, 0.2) is 60.8 Å². The number of carbonyl (C=O) groups excluding carboxylic acids is 1. The Morgan fingerprint density at radius 3 is 2.63 bits per heavy atom. The van der Waals surface area contributed by atoms with E-state index in [2.05, 4.69) is 5.32 Å². The number of allylic oxidation sites excluding steroid dienone is 1. The van der Waals surface area contributed by atoms with Gasteiger partial charge in [-0.3, -0.25) is 4.79 Å². The Morgan fingerprint density at radius 2 is 1.89 bits per heavy atom. The van der Waals surface area contributed by atoms with E-state index in [9.17, 15) is 9.18 Å². The number of rotatable bonds is 4. The fourth-order valence-electron chi connectivity index (χ4n) is 1.66. The lowest BCUT2D eigenvalue weighted by Crippen LogP contribution is -1.97. The lowest BCUT2D eigenvalue weighted by Gasteiger charge is -2.03. The second-order valence-corrected chi connectivity index (χ2v) is 4.19. The molecular formula is C16H14FNO. The summed E-state index contributed by atoms with van der Waals surface area (Å²) in [6, 6.07) is 13.7. The maximum Gasteiger partial charge on any atom is 0.187 e. The summed E-state index contributed by atoms with van der Waals surface area (Å²) >= 11 is 0. The van der Waals surface area contributed by atoms with Crippen molar-refractivity contribution in [3.63, 3.8) is 0 Å². The van der Waals surface area contributed by atoms with Gasteiger partial charge in [-0.05, 0) is 24.6 Å². The summed E-state index contributed by atoms with van der Waals surface area (Å²) in [5.74, 6) is -0.469. The Labute approximate surface area is 111 Å². The highest BCUT2D eigenvalue weighted by molar-refractivity contribution is 6.04. The van der Waals surface area contributed by atoms with E-state index in [1.54, 1.807) is 36.4 Å². The normalized spacial score (nSPS) is 10.6. The molecule has 2 rings (SSSR count). The topological polar surface area (TPSA) is 29.1 Å². The summed E-state index contributed by atoms with van der Waals surface area (Å²) in [6.45, 7) is 1.88. The summed E-state index contributed by atoms with van der Waals surface area (Å²) in [4.78, 5) is 11.8. The van der Waals surface area contributed by atoms with Crippen LogP contribution in [-0.4, -0.2) is 5.78 Å². The second kappa shape index (κ2) is 5.96. The van der Waals surface area contributed by atoms with E-state index in [4.69, 9.17) is 0 Å². The van der Waals surface area contributed by atoms with Gasteiger partial charge in [-0.1, -0.05) is 36.4 Å². The predicted octanol–water partition coefficient (Wildman–Crippen LogP) is 3.94. The molecule has 0 aliphatic rings. The Morgan fingerprint density at radius 1 is 1.16 bits per heavy atom. The molecule has 2 aromatic rings. The molecule has 0 fully saturated rings. The van der Waals surface area contributed by atoms with Gasteiger partial charge in [0.2, 0.25) is 0 Å². The minimum absolute atomic E-state index is 0.124. The van der Waals surface area contributed by atoms with Crippen LogP contribution in [0.1, 0.15) is 15.9 Å². The molecule has 0 atom stereocenters. The number of hydrogen-bond donors (Lipinski definition) is 1. The molecule has 0 saturated carbocycles. The van der Waals surface area contributed by atoms with Crippen molar-refractivity contribution < 1.29 is 9.18 Å². The smallest absolute Gasteiger partial charge is 0.187 e. The van der Waals surface area contributed by atoms with Crippen LogP contribution in [0.3, 0.4) is 0 Å². The summed E-state index contributed by atoms with van der Waals surface area (Å²) in [6.07, 6.45) is 2.84. The van der Waals surface area contributed by atoms with Gasteiger partial charge in [-0.15, -0.1) is 0 Å². The van der Waals surface area contributed by atoms with Crippen molar-refractivity contribution in [2.24, 2.45) is 0 Å². The minimum Gasteiger partial charge on any atom is -0.359 e. The zero-order chi connectivity index (χ0) is 13.7. The molecular weight excluding hydrogens is 241 g/mol. The first-order valence-corrected chi connectivity index (χ1v) is 5.95. The SMILES string of the molecule is Cc1ccc(F)c(N/C=C\C(=O)c2ccccc2)c1. The van der Waals surface area contributed by atoms with Gasteiger partial charge in [0.1, 0.15) is 5.82 Å². The van der Waals surface area contributed by atoms with Gasteiger partial charge in [-0.2, -0.15) is 0 Å². The van der Waals surface area contributed by atoms with Crippen molar-refractivity contribution in [1.82, 2.24) is 0 Å². The lowest BCUT2D eigenvalue weighted by atomic mass is 10.1. The van der Waals surface area contributed by atoms with E-state index in [1.165, 1.54) is 18.3 Å². The third-order valence-electron chi connectivity index (χ3n) is 2.65. The summed E-state index contributed by atoms with van der Waals surface area (Å²) in [5.41, 5.74) is 1.91. The second-order valence-electron chi connectivity index (χ2n) is 4.19. The maximum absolute atomic E-state index is 13.4. The van der Waals surface area contributed by atoms with Gasteiger partial charge < -0.3 is 5.32 Å². The van der Waals surface area contributed by atoms with Crippen molar-refractivity contribution in [2.75, 3.05) is 5.32 Å². The molecule has 0 bridgehead atoms. The molecule has 0 saturated heterocycles. The zero-order valence-corrected chi connectivity index (χ0v) is 10.6. The van der Waals surface area contributed by atoms with Crippen LogP contribution in [0.25, 0.3) is 0 Å². The van der Waals surface area contributed by atoms with E-state index in [-0.39, 0.29) is 11.6 Å². The number of ketones is 1. The van der Waals surface area contributed by atoms with E-state index >= 15 is 0 Å². The Kier molecular flexibility index (Phi) is 4.08. The molecule has 0 radical (unpaired) electrons. The number of anilines is 1. The van der Waals surface area contributed by atoms with E-state index < -0.39 is 0 Å². The monoisotopic (exact) mass is 255 g/mol. The van der Waals surface area contributed by atoms with Gasteiger partial charge >= 0.3 is 0 Å². The number of aryl methyl sites for hydroxylation is 1. The van der Waals surface area contributed by atoms with Crippen molar-refractivity contribution >= 4 is 11.5 Å². The highest BCUT2D eigenvalue weighted by Gasteiger charge is 2.01. The third kappa shape index (κ3) is 3.52. The van der Waals surface area contributed by atoms with Crippen molar-refractivity contribution in [3.8, 4) is 0 Å². The molecule has 0 unspecified atom stereocenters. The van der Waals surface area contributed by atoms with Gasteiger partial charge in [0.25, 0.3) is 0 Å². The number of carbonyl (C=O) groups is 1. The molecule has 0 aromatic heterocycles. The van der Waals surface area contributed by atoms with Crippen LogP contribution in [0.4, 0.5) is 10.1 Å². The van der Waals surface area contributed by atoms with Crippen LogP contribution < -0.4 is 5.32 Å².